The van der Waals surface area contributed by atoms with E-state index in [-0.39, 0.29) is 17.8 Å². The van der Waals surface area contributed by atoms with Crippen molar-refractivity contribution in [3.8, 4) is 11.1 Å². The summed E-state index contributed by atoms with van der Waals surface area (Å²) < 4.78 is 5.78. The van der Waals surface area contributed by atoms with E-state index in [2.05, 4.69) is 54.1 Å². The van der Waals surface area contributed by atoms with E-state index in [1.807, 2.05) is 44.4 Å². The first-order chi connectivity index (χ1) is 17.1. The van der Waals surface area contributed by atoms with E-state index >= 15 is 0 Å². The van der Waals surface area contributed by atoms with Crippen LogP contribution in [0, 0.1) is 13.8 Å². The summed E-state index contributed by atoms with van der Waals surface area (Å²) in [4.78, 5) is 23.9. The number of H-pyrrole nitrogens is 1. The highest BCUT2D eigenvalue weighted by molar-refractivity contribution is 7.17. The van der Waals surface area contributed by atoms with Crippen molar-refractivity contribution >= 4 is 21.6 Å². The summed E-state index contributed by atoms with van der Waals surface area (Å²) in [5.74, 6) is 0.585. The predicted octanol–water partition coefficient (Wildman–Crippen LogP) is 5.45. The summed E-state index contributed by atoms with van der Waals surface area (Å²) in [7, 11) is 0. The van der Waals surface area contributed by atoms with E-state index in [1.54, 1.807) is 0 Å². The Morgan fingerprint density at radius 2 is 1.83 bits per heavy atom. The lowest BCUT2D eigenvalue weighted by Gasteiger charge is -2.27. The molecule has 0 saturated heterocycles. The van der Waals surface area contributed by atoms with Crippen LogP contribution in [-0.2, 0) is 17.8 Å². The average Bonchev–Trinajstić information content (AvgIpc) is 3.22. The minimum Gasteiger partial charge on any atom is -0.389 e. The largest absolute Gasteiger partial charge is 0.389 e. The molecule has 2 aromatic heterocycles. The lowest BCUT2D eigenvalue weighted by Crippen LogP contribution is -2.37. The van der Waals surface area contributed by atoms with Crippen LogP contribution in [0.5, 0.6) is 0 Å². The highest BCUT2D eigenvalue weighted by Crippen LogP contribution is 2.33. The molecule has 0 spiro atoms. The molecule has 2 N–H and O–H groups in total. The minimum atomic E-state index is -0.666. The van der Waals surface area contributed by atoms with Crippen LogP contribution >= 0.6 is 11.3 Å². The van der Waals surface area contributed by atoms with Gasteiger partial charge in [-0.3, -0.25) is 9.69 Å². The van der Waals surface area contributed by atoms with Crippen LogP contribution < -0.4 is 5.56 Å². The molecule has 1 atom stereocenters. The molecular formula is C29H35N3O3S. The molecule has 0 bridgehead atoms. The lowest BCUT2D eigenvalue weighted by molar-refractivity contribution is -0.0574. The first-order valence-corrected chi connectivity index (χ1v) is 13.1. The molecule has 0 aliphatic heterocycles. The highest BCUT2D eigenvalue weighted by Gasteiger charge is 2.19. The Kier molecular flexibility index (Phi) is 8.05. The van der Waals surface area contributed by atoms with Crippen LogP contribution in [-0.4, -0.2) is 44.8 Å². The summed E-state index contributed by atoms with van der Waals surface area (Å²) in [5.41, 5.74) is 4.97. The van der Waals surface area contributed by atoms with Gasteiger partial charge in [-0.15, -0.1) is 11.3 Å². The number of aryl methyl sites for hydroxylation is 2. The number of benzene rings is 2. The Morgan fingerprint density at radius 3 is 2.53 bits per heavy atom. The molecule has 4 aromatic rings. The van der Waals surface area contributed by atoms with Crippen molar-refractivity contribution in [1.82, 2.24) is 14.9 Å². The van der Waals surface area contributed by atoms with E-state index < -0.39 is 6.10 Å². The second kappa shape index (κ2) is 11.0. The van der Waals surface area contributed by atoms with Gasteiger partial charge in [0, 0.05) is 24.0 Å². The standard InChI is InChI=1S/C29H35N3O3S/c1-19-11-12-23(20(2)13-19)24-18-36-28-26(24)27(34)30-25(31-28)16-32(14-21-9-7-6-8-10-21)15-22(33)17-35-29(3,4)5/h6-13,18,22,33H,14-17H2,1-5H3,(H,30,31,34). The molecule has 36 heavy (non-hydrogen) atoms. The maximum atomic E-state index is 13.2. The Morgan fingerprint density at radius 1 is 1.08 bits per heavy atom. The van der Waals surface area contributed by atoms with Crippen LogP contribution in [0.1, 0.15) is 43.3 Å². The molecule has 6 nitrogen and oxygen atoms in total. The highest BCUT2D eigenvalue weighted by atomic mass is 32.1. The molecule has 0 fully saturated rings. The van der Waals surface area contributed by atoms with Crippen LogP contribution in [0.3, 0.4) is 0 Å². The van der Waals surface area contributed by atoms with E-state index in [0.29, 0.717) is 30.8 Å². The molecule has 190 valence electrons. The fraction of sp³-hybridized carbons (Fsp3) is 0.379. The van der Waals surface area contributed by atoms with E-state index in [0.717, 1.165) is 27.1 Å². The molecule has 4 rings (SSSR count). The number of ether oxygens (including phenoxy) is 1. The molecular weight excluding hydrogens is 470 g/mol. The number of hydrogen-bond donors (Lipinski definition) is 2. The number of nitrogens with one attached hydrogen (secondary N) is 1. The van der Waals surface area contributed by atoms with E-state index in [4.69, 9.17) is 9.72 Å². The number of aliphatic hydroxyl groups is 1. The number of hydrogen-bond acceptors (Lipinski definition) is 6. The summed E-state index contributed by atoms with van der Waals surface area (Å²) in [6, 6.07) is 16.4. The molecule has 2 heterocycles. The number of thiophene rings is 1. The van der Waals surface area contributed by atoms with Gasteiger partial charge < -0.3 is 14.8 Å². The third-order valence-electron chi connectivity index (χ3n) is 5.97. The van der Waals surface area contributed by atoms with Gasteiger partial charge in [0.2, 0.25) is 0 Å². The van der Waals surface area contributed by atoms with Crippen LogP contribution in [0.25, 0.3) is 21.3 Å². The SMILES string of the molecule is Cc1ccc(-c2csc3nc(CN(Cc4ccccc4)CC(O)COC(C)(C)C)[nH]c(=O)c23)c(C)c1. The average molecular weight is 506 g/mol. The Balaban J connectivity index is 1.60. The van der Waals surface area contributed by atoms with Crippen molar-refractivity contribution in [2.45, 2.75) is 59.4 Å². The number of aromatic amines is 1. The second-order valence-electron chi connectivity index (χ2n) is 10.4. The van der Waals surface area contributed by atoms with Crippen LogP contribution in [0.4, 0.5) is 0 Å². The Labute approximate surface area is 216 Å². The maximum Gasteiger partial charge on any atom is 0.260 e. The van der Waals surface area contributed by atoms with E-state index in [9.17, 15) is 9.90 Å². The van der Waals surface area contributed by atoms with Gasteiger partial charge in [-0.2, -0.15) is 0 Å². The van der Waals surface area contributed by atoms with Gasteiger partial charge in [-0.1, -0.05) is 54.1 Å². The number of rotatable bonds is 9. The van der Waals surface area contributed by atoms with Crippen molar-refractivity contribution in [2.75, 3.05) is 13.2 Å². The first-order valence-electron chi connectivity index (χ1n) is 12.3. The van der Waals surface area contributed by atoms with Gasteiger partial charge >= 0.3 is 0 Å². The summed E-state index contributed by atoms with van der Waals surface area (Å²) in [6.07, 6.45) is -0.666. The third-order valence-corrected chi connectivity index (χ3v) is 6.84. The molecule has 0 saturated carbocycles. The smallest absolute Gasteiger partial charge is 0.260 e. The molecule has 2 aromatic carbocycles. The minimum absolute atomic E-state index is 0.137. The molecule has 0 radical (unpaired) electrons. The Hall–Kier alpha value is -2.84. The zero-order valence-corrected chi connectivity index (χ0v) is 22.5. The van der Waals surface area contributed by atoms with Gasteiger partial charge in [0.25, 0.3) is 5.56 Å². The number of aliphatic hydroxyl groups excluding tert-OH is 1. The quantitative estimate of drug-likeness (QED) is 0.316. The van der Waals surface area contributed by atoms with E-state index in [1.165, 1.54) is 16.9 Å². The van der Waals surface area contributed by atoms with Gasteiger partial charge in [0.1, 0.15) is 10.7 Å². The van der Waals surface area contributed by atoms with Crippen molar-refractivity contribution in [2.24, 2.45) is 0 Å². The molecule has 7 heteroatoms. The lowest BCUT2D eigenvalue weighted by atomic mass is 9.99. The Bertz CT molecular complexity index is 1370. The van der Waals surface area contributed by atoms with Crippen molar-refractivity contribution in [3.63, 3.8) is 0 Å². The summed E-state index contributed by atoms with van der Waals surface area (Å²) in [5, 5.41) is 13.3. The molecule has 1 unspecified atom stereocenters. The number of aromatic nitrogens is 2. The van der Waals surface area contributed by atoms with Gasteiger partial charge in [0.15, 0.2) is 0 Å². The van der Waals surface area contributed by atoms with Crippen molar-refractivity contribution in [3.05, 3.63) is 86.8 Å². The van der Waals surface area contributed by atoms with Crippen LogP contribution in [0.2, 0.25) is 0 Å². The third kappa shape index (κ3) is 6.68. The molecule has 0 aliphatic rings. The number of nitrogens with zero attached hydrogens (tertiary/aromatic N) is 2. The van der Waals surface area contributed by atoms with Crippen molar-refractivity contribution < 1.29 is 9.84 Å². The zero-order valence-electron chi connectivity index (χ0n) is 21.7. The monoisotopic (exact) mass is 505 g/mol. The number of fused-ring (bicyclic) bond motifs is 1. The fourth-order valence-corrected chi connectivity index (χ4v) is 5.28. The topological polar surface area (TPSA) is 78.5 Å². The second-order valence-corrected chi connectivity index (χ2v) is 11.3. The fourth-order valence-electron chi connectivity index (χ4n) is 4.32. The zero-order chi connectivity index (χ0) is 25.9. The van der Waals surface area contributed by atoms with Gasteiger partial charge in [-0.05, 0) is 51.3 Å². The predicted molar refractivity (Wildman–Crippen MR) is 147 cm³/mol. The van der Waals surface area contributed by atoms with Gasteiger partial charge in [-0.25, -0.2) is 4.98 Å². The van der Waals surface area contributed by atoms with Gasteiger partial charge in [0.05, 0.1) is 30.2 Å². The summed E-state index contributed by atoms with van der Waals surface area (Å²) >= 11 is 1.49. The summed E-state index contributed by atoms with van der Waals surface area (Å²) in [6.45, 7) is 11.7. The maximum absolute atomic E-state index is 13.2. The molecule has 0 amide bonds. The van der Waals surface area contributed by atoms with Crippen molar-refractivity contribution in [1.29, 1.82) is 0 Å². The van der Waals surface area contributed by atoms with Crippen LogP contribution in [0.15, 0.2) is 58.7 Å². The molecule has 0 aliphatic carbocycles. The normalized spacial score (nSPS) is 13.0. The first kappa shape index (κ1) is 26.2.